The Hall–Kier alpha value is 2.08. The molecule has 1 aliphatic rings. The normalized spacial score (nSPS) is 24.0. The second-order valence-corrected chi connectivity index (χ2v) is 15.6. The number of hydrogen-bond acceptors (Lipinski definition) is 0. The predicted molar refractivity (Wildman–Crippen MR) is 61.1 cm³/mol. The molecule has 4 heteroatoms. The fraction of sp³-hybridized carbons (Fsp3) is 1.00. The second kappa shape index (κ2) is 9.63. The van der Waals surface area contributed by atoms with Crippen LogP contribution in [0.5, 0.6) is 0 Å². The molecule has 0 aromatic heterocycles. The quantitative estimate of drug-likeness (QED) is 0.519. The third-order valence-corrected chi connectivity index (χ3v) is 15.0. The Balaban J connectivity index is 2.00. The van der Waals surface area contributed by atoms with E-state index in [-0.39, 0.29) is 0 Å². The van der Waals surface area contributed by atoms with E-state index in [4.69, 9.17) is 0 Å². The van der Waals surface area contributed by atoms with Gasteiger partial charge >= 0.3 is 102 Å². The van der Waals surface area contributed by atoms with E-state index < -0.39 is 0 Å². The van der Waals surface area contributed by atoms with E-state index >= 15 is 0 Å². The van der Waals surface area contributed by atoms with Crippen LogP contribution in [0.2, 0.25) is 29.7 Å². The van der Waals surface area contributed by atoms with Gasteiger partial charge in [0.15, 0.2) is 0 Å². The summed E-state index contributed by atoms with van der Waals surface area (Å²) in [6, 6.07) is 0. The maximum absolute atomic E-state index is 1.64. The SMILES string of the molecule is C1C[Se]C[Se]CCC[Se]C[Se]C1. The molecule has 1 aliphatic heterocycles. The molecule has 0 aliphatic carbocycles. The molecule has 0 spiro atoms. The summed E-state index contributed by atoms with van der Waals surface area (Å²) in [4.78, 5) is 0. The Kier molecular flexibility index (Phi) is 9.75. The monoisotopic (exact) mass is 432 g/mol. The van der Waals surface area contributed by atoms with Crippen LogP contribution in [0.25, 0.3) is 0 Å². The van der Waals surface area contributed by atoms with Crippen molar-refractivity contribution in [2.75, 3.05) is 0 Å². The van der Waals surface area contributed by atoms with Crippen LogP contribution in [0.4, 0.5) is 0 Å². The molecule has 1 saturated heterocycles. The summed E-state index contributed by atoms with van der Waals surface area (Å²) in [5.74, 6) is 0. The van der Waals surface area contributed by atoms with Crippen molar-refractivity contribution < 1.29 is 0 Å². The van der Waals surface area contributed by atoms with Crippen molar-refractivity contribution in [2.24, 2.45) is 0 Å². The van der Waals surface area contributed by atoms with Crippen LogP contribution in [0, 0.1) is 0 Å². The first kappa shape index (κ1) is 12.1. The van der Waals surface area contributed by atoms with E-state index in [1.807, 2.05) is 0 Å². The van der Waals surface area contributed by atoms with Gasteiger partial charge in [-0.1, -0.05) is 0 Å². The Bertz CT molecular complexity index is 54.0. The molecule has 0 saturated carbocycles. The maximum atomic E-state index is 1.64. The van der Waals surface area contributed by atoms with Crippen LogP contribution in [0.3, 0.4) is 0 Å². The molecule has 0 N–H and O–H groups in total. The molecule has 0 atom stereocenters. The molecule has 0 radical (unpaired) electrons. The fourth-order valence-corrected chi connectivity index (χ4v) is 14.8. The van der Waals surface area contributed by atoms with Gasteiger partial charge in [-0.05, 0) is 0 Å². The minimum absolute atomic E-state index is 1.04. The standard InChI is InChI=1S/C8H16Se4/c1-3-9-7-11-5-2-6-12-8-10-4-1/h1-8H2. The molecule has 1 heterocycles. The van der Waals surface area contributed by atoms with Crippen molar-refractivity contribution in [2.45, 2.75) is 42.6 Å². The first-order chi connectivity index (χ1) is 6.00. The topological polar surface area (TPSA) is 0 Å². The van der Waals surface area contributed by atoms with Crippen molar-refractivity contribution in [1.82, 2.24) is 0 Å². The summed E-state index contributed by atoms with van der Waals surface area (Å²) >= 11 is 4.17. The summed E-state index contributed by atoms with van der Waals surface area (Å²) in [5, 5.41) is 6.40. The van der Waals surface area contributed by atoms with Crippen LogP contribution in [-0.2, 0) is 0 Å². The van der Waals surface area contributed by atoms with E-state index in [2.05, 4.69) is 0 Å². The third-order valence-electron chi connectivity index (χ3n) is 1.49. The van der Waals surface area contributed by atoms with Crippen LogP contribution in [0.1, 0.15) is 12.8 Å². The van der Waals surface area contributed by atoms with Gasteiger partial charge in [0.2, 0.25) is 0 Å². The minimum atomic E-state index is 1.04. The average Bonchev–Trinajstić information content (AvgIpc) is 2.05. The average molecular weight is 428 g/mol. The van der Waals surface area contributed by atoms with Crippen molar-refractivity contribution in [3.05, 3.63) is 0 Å². The molecular weight excluding hydrogens is 412 g/mol. The van der Waals surface area contributed by atoms with Crippen LogP contribution >= 0.6 is 0 Å². The van der Waals surface area contributed by atoms with Crippen molar-refractivity contribution in [1.29, 1.82) is 0 Å². The van der Waals surface area contributed by atoms with E-state index in [1.54, 1.807) is 42.6 Å². The van der Waals surface area contributed by atoms with Gasteiger partial charge in [-0.3, -0.25) is 0 Å². The zero-order chi connectivity index (χ0) is 8.49. The number of hydrogen-bond donors (Lipinski definition) is 0. The van der Waals surface area contributed by atoms with E-state index in [0.29, 0.717) is 0 Å². The van der Waals surface area contributed by atoms with E-state index in [1.165, 1.54) is 0 Å². The molecule has 0 aromatic carbocycles. The summed E-state index contributed by atoms with van der Waals surface area (Å²) in [7, 11) is 0. The Labute approximate surface area is 101 Å². The summed E-state index contributed by atoms with van der Waals surface area (Å²) in [5.41, 5.74) is 0. The van der Waals surface area contributed by atoms with Crippen LogP contribution in [0.15, 0.2) is 0 Å². The molecule has 0 nitrogen and oxygen atoms in total. The predicted octanol–water partition coefficient (Wildman–Crippen LogP) is 2.02. The van der Waals surface area contributed by atoms with Crippen molar-refractivity contribution >= 4 is 59.8 Å². The molecule has 12 heavy (non-hydrogen) atoms. The van der Waals surface area contributed by atoms with Gasteiger partial charge in [-0.25, -0.2) is 0 Å². The molecule has 72 valence electrons. The van der Waals surface area contributed by atoms with Gasteiger partial charge in [0, 0.05) is 0 Å². The van der Waals surface area contributed by atoms with Crippen LogP contribution in [-0.4, -0.2) is 59.8 Å². The van der Waals surface area contributed by atoms with E-state index in [9.17, 15) is 0 Å². The molecular formula is C8H16Se4. The zero-order valence-electron chi connectivity index (χ0n) is 7.29. The van der Waals surface area contributed by atoms with Gasteiger partial charge in [0.25, 0.3) is 0 Å². The fourth-order valence-electron chi connectivity index (χ4n) is 0.880. The van der Waals surface area contributed by atoms with Gasteiger partial charge < -0.3 is 0 Å². The Morgan fingerprint density at radius 3 is 1.17 bits per heavy atom. The molecule has 0 aromatic rings. The molecule has 1 rings (SSSR count). The first-order valence-electron chi connectivity index (χ1n) is 4.31. The molecule has 0 bridgehead atoms. The van der Waals surface area contributed by atoms with Crippen LogP contribution < -0.4 is 0 Å². The third kappa shape index (κ3) is 7.48. The van der Waals surface area contributed by atoms with Gasteiger partial charge in [-0.2, -0.15) is 0 Å². The first-order valence-corrected chi connectivity index (χ1v) is 14.0. The second-order valence-electron chi connectivity index (χ2n) is 2.58. The van der Waals surface area contributed by atoms with E-state index in [0.717, 1.165) is 59.8 Å². The van der Waals surface area contributed by atoms with Crippen molar-refractivity contribution in [3.8, 4) is 0 Å². The summed E-state index contributed by atoms with van der Waals surface area (Å²) < 4.78 is 3.28. The van der Waals surface area contributed by atoms with Crippen molar-refractivity contribution in [3.63, 3.8) is 0 Å². The van der Waals surface area contributed by atoms with Gasteiger partial charge in [-0.15, -0.1) is 0 Å². The summed E-state index contributed by atoms with van der Waals surface area (Å²) in [6.45, 7) is 0. The Morgan fingerprint density at radius 2 is 0.833 bits per heavy atom. The van der Waals surface area contributed by atoms with Gasteiger partial charge in [0.05, 0.1) is 0 Å². The Morgan fingerprint density at radius 1 is 0.500 bits per heavy atom. The molecule has 1 fully saturated rings. The zero-order valence-corrected chi connectivity index (χ0v) is 14.1. The molecule has 0 unspecified atom stereocenters. The summed E-state index contributed by atoms with van der Waals surface area (Å²) in [6.07, 6.45) is 3.15. The van der Waals surface area contributed by atoms with Gasteiger partial charge in [0.1, 0.15) is 0 Å². The molecule has 0 amide bonds. The number of rotatable bonds is 0.